The molecule has 0 aliphatic carbocycles. The Bertz CT molecular complexity index is 596. The van der Waals surface area contributed by atoms with Crippen molar-refractivity contribution < 1.29 is 23.1 Å². The van der Waals surface area contributed by atoms with Crippen molar-refractivity contribution >= 4 is 11.6 Å². The lowest BCUT2D eigenvalue weighted by Crippen LogP contribution is -2.57. The van der Waals surface area contributed by atoms with E-state index in [1.54, 1.807) is 6.92 Å². The summed E-state index contributed by atoms with van der Waals surface area (Å²) in [7, 11) is 0. The van der Waals surface area contributed by atoms with Crippen molar-refractivity contribution in [3.05, 3.63) is 18.0 Å². The highest BCUT2D eigenvalue weighted by Gasteiger charge is 2.63. The molecule has 21 heavy (non-hydrogen) atoms. The van der Waals surface area contributed by atoms with Crippen LogP contribution in [0.15, 0.2) is 17.5 Å². The molecule has 0 aromatic carbocycles. The fourth-order valence-corrected chi connectivity index (χ4v) is 2.11. The average molecular weight is 304 g/mol. The van der Waals surface area contributed by atoms with Crippen molar-refractivity contribution in [2.24, 2.45) is 5.10 Å². The SMILES string of the molecule is CC1=NN(C(=O)[C@@H](C)n2cc(C)cn2)[C@](O)(C(F)(F)F)C1. The minimum Gasteiger partial charge on any atom is -0.362 e. The lowest BCUT2D eigenvalue weighted by molar-refractivity contribution is -0.303. The number of aryl methyl sites for hydroxylation is 1. The van der Waals surface area contributed by atoms with E-state index in [4.69, 9.17) is 0 Å². The molecule has 6 nitrogen and oxygen atoms in total. The van der Waals surface area contributed by atoms with Crippen LogP contribution >= 0.6 is 0 Å². The van der Waals surface area contributed by atoms with Gasteiger partial charge in [-0.1, -0.05) is 0 Å². The summed E-state index contributed by atoms with van der Waals surface area (Å²) in [6.07, 6.45) is -2.74. The van der Waals surface area contributed by atoms with E-state index in [0.717, 1.165) is 5.56 Å². The maximum atomic E-state index is 13.1. The van der Waals surface area contributed by atoms with Gasteiger partial charge in [-0.05, 0) is 26.3 Å². The molecule has 0 radical (unpaired) electrons. The molecule has 2 rings (SSSR count). The first-order valence-electron chi connectivity index (χ1n) is 6.24. The number of carbonyl (C=O) groups is 1. The van der Waals surface area contributed by atoms with Gasteiger partial charge in [0.2, 0.25) is 0 Å². The third-order valence-electron chi connectivity index (χ3n) is 3.27. The summed E-state index contributed by atoms with van der Waals surface area (Å²) in [5.74, 6) is -0.977. The molecule has 1 aliphatic rings. The lowest BCUT2D eigenvalue weighted by atomic mass is 10.1. The van der Waals surface area contributed by atoms with Crippen LogP contribution in [0.3, 0.4) is 0 Å². The minimum atomic E-state index is -5.00. The number of halogens is 3. The molecule has 1 aliphatic heterocycles. The fourth-order valence-electron chi connectivity index (χ4n) is 2.11. The Kier molecular flexibility index (Phi) is 3.56. The number of alkyl halides is 3. The third-order valence-corrected chi connectivity index (χ3v) is 3.27. The van der Waals surface area contributed by atoms with E-state index in [1.165, 1.54) is 30.9 Å². The van der Waals surface area contributed by atoms with Crippen LogP contribution in [-0.4, -0.2) is 43.4 Å². The first kappa shape index (κ1) is 15.5. The highest BCUT2D eigenvalue weighted by molar-refractivity contribution is 5.90. The van der Waals surface area contributed by atoms with Gasteiger partial charge in [0.1, 0.15) is 6.04 Å². The van der Waals surface area contributed by atoms with Gasteiger partial charge < -0.3 is 5.11 Å². The zero-order valence-electron chi connectivity index (χ0n) is 11.7. The summed E-state index contributed by atoms with van der Waals surface area (Å²) in [6.45, 7) is 4.46. The predicted octanol–water partition coefficient (Wildman–Crippen LogP) is 1.61. The van der Waals surface area contributed by atoms with Gasteiger partial charge in [0, 0.05) is 18.3 Å². The number of aromatic nitrogens is 2. The second kappa shape index (κ2) is 4.83. The molecule has 0 unspecified atom stereocenters. The number of amides is 1. The largest absolute Gasteiger partial charge is 0.438 e. The van der Waals surface area contributed by atoms with Gasteiger partial charge in [0.05, 0.1) is 6.20 Å². The number of nitrogens with zero attached hydrogens (tertiary/aromatic N) is 4. The predicted molar refractivity (Wildman–Crippen MR) is 67.3 cm³/mol. The van der Waals surface area contributed by atoms with E-state index < -0.39 is 30.3 Å². The molecule has 116 valence electrons. The maximum Gasteiger partial charge on any atom is 0.438 e. The molecule has 0 saturated heterocycles. The molecule has 0 spiro atoms. The van der Waals surface area contributed by atoms with Gasteiger partial charge in [0.25, 0.3) is 11.6 Å². The lowest BCUT2D eigenvalue weighted by Gasteiger charge is -2.33. The second-order valence-corrected chi connectivity index (χ2v) is 5.15. The van der Waals surface area contributed by atoms with Crippen LogP contribution in [0.4, 0.5) is 13.2 Å². The Labute approximate surface area is 118 Å². The number of carbonyl (C=O) groups excluding carboxylic acids is 1. The standard InChI is InChI=1S/C12H15F3N4O2/c1-7-5-16-18(6-7)9(3)10(20)19-11(21,12(13,14)15)4-8(2)17-19/h5-6,9,21H,4H2,1-3H3/t9-,11-/m1/s1. The normalized spacial score (nSPS) is 24.1. The van der Waals surface area contributed by atoms with Crippen molar-refractivity contribution in [1.29, 1.82) is 0 Å². The van der Waals surface area contributed by atoms with E-state index in [-0.39, 0.29) is 10.7 Å². The molecule has 0 bridgehead atoms. The summed E-state index contributed by atoms with van der Waals surface area (Å²) < 4.78 is 40.4. The average Bonchev–Trinajstić information content (AvgIpc) is 2.91. The summed E-state index contributed by atoms with van der Waals surface area (Å²) in [4.78, 5) is 12.3. The number of hydrazone groups is 1. The number of rotatable bonds is 2. The third kappa shape index (κ3) is 2.53. The Morgan fingerprint density at radius 2 is 2.10 bits per heavy atom. The molecular formula is C12H15F3N4O2. The fraction of sp³-hybridized carbons (Fsp3) is 0.583. The summed E-state index contributed by atoms with van der Waals surface area (Å²) in [6, 6.07) is -1.01. The number of hydrogen-bond acceptors (Lipinski definition) is 4. The van der Waals surface area contributed by atoms with Crippen LogP contribution in [0.1, 0.15) is 31.9 Å². The molecule has 1 amide bonds. The van der Waals surface area contributed by atoms with Gasteiger partial charge >= 0.3 is 6.18 Å². The van der Waals surface area contributed by atoms with Crippen LogP contribution in [0.2, 0.25) is 0 Å². The van der Waals surface area contributed by atoms with Crippen LogP contribution in [0.25, 0.3) is 0 Å². The smallest absolute Gasteiger partial charge is 0.362 e. The van der Waals surface area contributed by atoms with Crippen LogP contribution in [0.5, 0.6) is 0 Å². The molecule has 0 fully saturated rings. The highest BCUT2D eigenvalue weighted by Crippen LogP contribution is 2.41. The first-order chi connectivity index (χ1) is 9.56. The topological polar surface area (TPSA) is 70.7 Å². The van der Waals surface area contributed by atoms with E-state index in [2.05, 4.69) is 10.2 Å². The summed E-state index contributed by atoms with van der Waals surface area (Å²) in [5, 5.41) is 17.4. The van der Waals surface area contributed by atoms with E-state index in [9.17, 15) is 23.1 Å². The van der Waals surface area contributed by atoms with Gasteiger partial charge in [-0.3, -0.25) is 9.48 Å². The van der Waals surface area contributed by atoms with Crippen molar-refractivity contribution in [3.63, 3.8) is 0 Å². The van der Waals surface area contributed by atoms with E-state index in [0.29, 0.717) is 0 Å². The van der Waals surface area contributed by atoms with Gasteiger partial charge in [-0.25, -0.2) is 0 Å². The first-order valence-corrected chi connectivity index (χ1v) is 6.24. The zero-order valence-corrected chi connectivity index (χ0v) is 11.7. The van der Waals surface area contributed by atoms with E-state index in [1.807, 2.05) is 0 Å². The van der Waals surface area contributed by atoms with Crippen molar-refractivity contribution in [2.45, 2.75) is 45.1 Å². The molecule has 2 heterocycles. The Morgan fingerprint density at radius 3 is 2.57 bits per heavy atom. The van der Waals surface area contributed by atoms with Gasteiger partial charge in [-0.2, -0.15) is 28.4 Å². The monoisotopic (exact) mass is 304 g/mol. The molecule has 9 heteroatoms. The quantitative estimate of drug-likeness (QED) is 0.902. The zero-order chi connectivity index (χ0) is 16.0. The molecule has 2 atom stereocenters. The molecule has 0 saturated carbocycles. The van der Waals surface area contributed by atoms with Crippen molar-refractivity contribution in [2.75, 3.05) is 0 Å². The molecular weight excluding hydrogens is 289 g/mol. The van der Waals surface area contributed by atoms with Gasteiger partial charge in [0.15, 0.2) is 0 Å². The summed E-state index contributed by atoms with van der Waals surface area (Å²) in [5.41, 5.74) is -2.50. The van der Waals surface area contributed by atoms with Crippen LogP contribution in [-0.2, 0) is 4.79 Å². The molecule has 1 N–H and O–H groups in total. The Morgan fingerprint density at radius 1 is 1.48 bits per heavy atom. The van der Waals surface area contributed by atoms with Crippen LogP contribution < -0.4 is 0 Å². The Hall–Kier alpha value is -1.90. The number of aliphatic hydroxyl groups is 1. The van der Waals surface area contributed by atoms with Crippen molar-refractivity contribution in [3.8, 4) is 0 Å². The number of hydrogen-bond donors (Lipinski definition) is 1. The van der Waals surface area contributed by atoms with Crippen LogP contribution in [0, 0.1) is 6.92 Å². The van der Waals surface area contributed by atoms with E-state index >= 15 is 0 Å². The maximum absolute atomic E-state index is 13.1. The van der Waals surface area contributed by atoms with Gasteiger partial charge in [-0.15, -0.1) is 0 Å². The van der Waals surface area contributed by atoms with Crippen molar-refractivity contribution in [1.82, 2.24) is 14.8 Å². The second-order valence-electron chi connectivity index (χ2n) is 5.15. The Balaban J connectivity index is 2.32. The molecule has 1 aromatic heterocycles. The highest BCUT2D eigenvalue weighted by atomic mass is 19.4. The summed E-state index contributed by atoms with van der Waals surface area (Å²) >= 11 is 0. The minimum absolute atomic E-state index is 0.0343. The molecule has 1 aromatic rings.